The van der Waals surface area contributed by atoms with Crippen molar-refractivity contribution in [3.63, 3.8) is 0 Å². The van der Waals surface area contributed by atoms with E-state index in [9.17, 15) is 9.18 Å². The summed E-state index contributed by atoms with van der Waals surface area (Å²) in [4.78, 5) is 14.6. The third kappa shape index (κ3) is 5.79. The van der Waals surface area contributed by atoms with E-state index in [1.165, 1.54) is 13.2 Å². The molecule has 0 aromatic heterocycles. The fourth-order valence-corrected chi connectivity index (χ4v) is 4.03. The van der Waals surface area contributed by atoms with Gasteiger partial charge in [0.05, 0.1) is 7.11 Å². The number of piperidine rings is 1. The summed E-state index contributed by atoms with van der Waals surface area (Å²) >= 11 is 3.52. The molecule has 0 radical (unpaired) electrons. The number of likely N-dealkylation sites (tertiary alicyclic amines) is 1. The van der Waals surface area contributed by atoms with Crippen molar-refractivity contribution < 1.29 is 13.9 Å². The molecule has 1 aliphatic heterocycles. The first-order chi connectivity index (χ1) is 13.5. The van der Waals surface area contributed by atoms with Crippen molar-refractivity contribution in [1.82, 2.24) is 10.2 Å². The number of nitrogens with one attached hydrogen (secondary N) is 1. The second kappa shape index (κ2) is 10.0. The second-order valence-corrected chi connectivity index (χ2v) is 8.03. The van der Waals surface area contributed by atoms with Gasteiger partial charge in [0.25, 0.3) is 0 Å². The molecule has 6 heteroatoms. The average Bonchev–Trinajstić information content (AvgIpc) is 2.69. The predicted octanol–water partition coefficient (Wildman–Crippen LogP) is 4.31. The standard InChI is InChI=1S/C22H26BrFN2O2/c1-28-21-8-6-16(14-20(21)24)15-26-12-10-18(11-13-26)25-22(27)9-7-17-4-2-3-5-19(17)23/h2-6,8,14,18H,7,9-13,15H2,1H3,(H,25,27). The molecule has 28 heavy (non-hydrogen) atoms. The number of methoxy groups -OCH3 is 1. The molecule has 2 aromatic carbocycles. The van der Waals surface area contributed by atoms with Gasteiger partial charge >= 0.3 is 0 Å². The van der Waals surface area contributed by atoms with E-state index >= 15 is 0 Å². The zero-order chi connectivity index (χ0) is 19.9. The highest BCUT2D eigenvalue weighted by Gasteiger charge is 2.21. The molecule has 0 atom stereocenters. The topological polar surface area (TPSA) is 41.6 Å². The Hall–Kier alpha value is -1.92. The number of halogens is 2. The molecule has 0 aliphatic carbocycles. The first-order valence-corrected chi connectivity index (χ1v) is 10.4. The third-order valence-corrected chi connectivity index (χ3v) is 5.93. The zero-order valence-electron chi connectivity index (χ0n) is 16.1. The van der Waals surface area contributed by atoms with Crippen molar-refractivity contribution in [3.05, 3.63) is 63.9 Å². The van der Waals surface area contributed by atoms with Crippen molar-refractivity contribution in [2.24, 2.45) is 0 Å². The van der Waals surface area contributed by atoms with Gasteiger partial charge in [-0.3, -0.25) is 9.69 Å². The van der Waals surface area contributed by atoms with E-state index in [1.54, 1.807) is 6.07 Å². The van der Waals surface area contributed by atoms with Crippen LogP contribution >= 0.6 is 15.9 Å². The SMILES string of the molecule is COc1ccc(CN2CCC(NC(=O)CCc3ccccc3Br)CC2)cc1F. The van der Waals surface area contributed by atoms with Crippen molar-refractivity contribution in [3.8, 4) is 5.75 Å². The van der Waals surface area contributed by atoms with Crippen LogP contribution in [0.1, 0.15) is 30.4 Å². The van der Waals surface area contributed by atoms with Crippen LogP contribution in [0.25, 0.3) is 0 Å². The number of ether oxygens (including phenoxy) is 1. The summed E-state index contributed by atoms with van der Waals surface area (Å²) in [7, 11) is 1.47. The van der Waals surface area contributed by atoms with E-state index in [1.807, 2.05) is 30.3 Å². The van der Waals surface area contributed by atoms with Crippen LogP contribution in [0.15, 0.2) is 46.9 Å². The van der Waals surface area contributed by atoms with Crippen LogP contribution in [0.4, 0.5) is 4.39 Å². The number of amides is 1. The molecule has 0 spiro atoms. The van der Waals surface area contributed by atoms with Crippen molar-refractivity contribution in [2.45, 2.75) is 38.3 Å². The number of rotatable bonds is 7. The summed E-state index contributed by atoms with van der Waals surface area (Å²) < 4.78 is 19.8. The Bertz CT molecular complexity index is 807. The lowest BCUT2D eigenvalue weighted by Gasteiger charge is -2.32. The summed E-state index contributed by atoms with van der Waals surface area (Å²) in [5.41, 5.74) is 2.09. The minimum atomic E-state index is -0.327. The van der Waals surface area contributed by atoms with Gasteiger partial charge in [-0.15, -0.1) is 0 Å². The lowest BCUT2D eigenvalue weighted by Crippen LogP contribution is -2.44. The number of nitrogens with zero attached hydrogens (tertiary/aromatic N) is 1. The van der Waals surface area contributed by atoms with Crippen molar-refractivity contribution in [2.75, 3.05) is 20.2 Å². The number of hydrogen-bond donors (Lipinski definition) is 1. The summed E-state index contributed by atoms with van der Waals surface area (Å²) in [6.45, 7) is 2.50. The van der Waals surface area contributed by atoms with Crippen molar-refractivity contribution in [1.29, 1.82) is 0 Å². The number of carbonyl (C=O) groups excluding carboxylic acids is 1. The highest BCUT2D eigenvalue weighted by atomic mass is 79.9. The highest BCUT2D eigenvalue weighted by Crippen LogP contribution is 2.21. The van der Waals surface area contributed by atoms with Gasteiger partial charge in [0.2, 0.25) is 5.91 Å². The van der Waals surface area contributed by atoms with E-state index in [2.05, 4.69) is 26.1 Å². The van der Waals surface area contributed by atoms with Crippen LogP contribution in [0.5, 0.6) is 5.75 Å². The summed E-state index contributed by atoms with van der Waals surface area (Å²) in [5, 5.41) is 3.16. The first kappa shape index (κ1) is 20.8. The lowest BCUT2D eigenvalue weighted by molar-refractivity contribution is -0.122. The molecule has 1 amide bonds. The normalized spacial score (nSPS) is 15.4. The number of carbonyl (C=O) groups is 1. The molecule has 4 nitrogen and oxygen atoms in total. The Labute approximate surface area is 174 Å². The van der Waals surface area contributed by atoms with Gasteiger partial charge in [0.15, 0.2) is 11.6 Å². The molecule has 1 N–H and O–H groups in total. The Morgan fingerprint density at radius 1 is 1.25 bits per heavy atom. The van der Waals surface area contributed by atoms with Gasteiger partial charge in [0.1, 0.15) is 0 Å². The molecule has 2 aromatic rings. The zero-order valence-corrected chi connectivity index (χ0v) is 17.7. The minimum Gasteiger partial charge on any atom is -0.494 e. The Balaban J connectivity index is 1.40. The van der Waals surface area contributed by atoms with Gasteiger partial charge in [-0.2, -0.15) is 0 Å². The maximum atomic E-state index is 13.8. The van der Waals surface area contributed by atoms with Gasteiger partial charge in [0, 0.05) is 36.6 Å². The molecule has 0 saturated carbocycles. The minimum absolute atomic E-state index is 0.103. The van der Waals surface area contributed by atoms with Crippen LogP contribution in [-0.4, -0.2) is 37.0 Å². The highest BCUT2D eigenvalue weighted by molar-refractivity contribution is 9.10. The maximum Gasteiger partial charge on any atom is 0.220 e. The monoisotopic (exact) mass is 448 g/mol. The van der Waals surface area contributed by atoms with E-state index in [-0.39, 0.29) is 23.5 Å². The van der Waals surface area contributed by atoms with E-state index in [4.69, 9.17) is 4.74 Å². The largest absolute Gasteiger partial charge is 0.494 e. The lowest BCUT2D eigenvalue weighted by atomic mass is 10.0. The predicted molar refractivity (Wildman–Crippen MR) is 112 cm³/mol. The average molecular weight is 449 g/mol. The quantitative estimate of drug-likeness (QED) is 0.685. The molecule has 1 saturated heterocycles. The van der Waals surface area contributed by atoms with Crippen LogP contribution in [0.3, 0.4) is 0 Å². The molecule has 1 heterocycles. The Morgan fingerprint density at radius 3 is 2.68 bits per heavy atom. The van der Waals surface area contributed by atoms with Gasteiger partial charge in [-0.05, 0) is 48.6 Å². The molecular weight excluding hydrogens is 423 g/mol. The van der Waals surface area contributed by atoms with E-state index in [0.717, 1.165) is 48.0 Å². The first-order valence-electron chi connectivity index (χ1n) is 9.62. The summed E-state index contributed by atoms with van der Waals surface area (Å²) in [6, 6.07) is 13.3. The van der Waals surface area contributed by atoms with Gasteiger partial charge < -0.3 is 10.1 Å². The van der Waals surface area contributed by atoms with E-state index < -0.39 is 0 Å². The summed E-state index contributed by atoms with van der Waals surface area (Å²) in [5.74, 6) is 0.0475. The van der Waals surface area contributed by atoms with E-state index in [0.29, 0.717) is 13.0 Å². The molecule has 0 unspecified atom stereocenters. The molecule has 3 rings (SSSR count). The number of benzene rings is 2. The second-order valence-electron chi connectivity index (χ2n) is 7.18. The van der Waals surface area contributed by atoms with Crippen LogP contribution in [0.2, 0.25) is 0 Å². The molecule has 150 valence electrons. The van der Waals surface area contributed by atoms with Crippen LogP contribution < -0.4 is 10.1 Å². The van der Waals surface area contributed by atoms with Gasteiger partial charge in [-0.25, -0.2) is 4.39 Å². The summed E-state index contributed by atoms with van der Waals surface area (Å²) in [6.07, 6.45) is 3.06. The fourth-order valence-electron chi connectivity index (χ4n) is 3.55. The molecular formula is C22H26BrFN2O2. The fraction of sp³-hybridized carbons (Fsp3) is 0.409. The molecule has 1 fully saturated rings. The third-order valence-electron chi connectivity index (χ3n) is 5.15. The van der Waals surface area contributed by atoms with Crippen LogP contribution in [0, 0.1) is 5.82 Å². The number of aryl methyl sites for hydroxylation is 1. The smallest absolute Gasteiger partial charge is 0.220 e. The number of hydrogen-bond acceptors (Lipinski definition) is 3. The van der Waals surface area contributed by atoms with Crippen molar-refractivity contribution >= 4 is 21.8 Å². The molecule has 0 bridgehead atoms. The molecule has 1 aliphatic rings. The Kier molecular flexibility index (Phi) is 7.45. The Morgan fingerprint density at radius 2 is 2.00 bits per heavy atom. The maximum absolute atomic E-state index is 13.8. The van der Waals surface area contributed by atoms with Gasteiger partial charge in [-0.1, -0.05) is 40.2 Å². The van der Waals surface area contributed by atoms with Crippen LogP contribution in [-0.2, 0) is 17.8 Å².